The summed E-state index contributed by atoms with van der Waals surface area (Å²) < 4.78 is 101. The fourth-order valence-corrected chi connectivity index (χ4v) is 0. The van der Waals surface area contributed by atoms with Gasteiger partial charge in [0.25, 0.3) is 0 Å². The van der Waals surface area contributed by atoms with E-state index in [9.17, 15) is 0 Å². The average Bonchev–Trinajstić information content (AvgIpc) is 1.76. The van der Waals surface area contributed by atoms with Crippen molar-refractivity contribution >= 4 is 0 Å². The van der Waals surface area contributed by atoms with Gasteiger partial charge in [0.1, 0.15) is 0 Å². The summed E-state index contributed by atoms with van der Waals surface area (Å²) in [5.74, 6) is 0. The van der Waals surface area contributed by atoms with E-state index in [1.165, 1.54) is 0 Å². The molecule has 0 saturated carbocycles. The molecule has 0 aromatic carbocycles. The predicted molar refractivity (Wildman–Crippen MR) is 0 cm³/mol. The van der Waals surface area contributed by atoms with Crippen LogP contribution in [-0.4, -0.2) is 0 Å². The van der Waals surface area contributed by atoms with Crippen LogP contribution in [-0.2, 0) is 21.1 Å². The SMILES string of the molecule is [O-][Cl+2]([O-])[O-].[O-][Cl+2]([O-])[O-].[O-][Cl+2]([O-])[O-].[O-][Cl+2]([O-])[O-].[W]. The van der Waals surface area contributed by atoms with E-state index in [-0.39, 0.29) is 21.1 Å². The normalized spacial score (nSPS) is 8.47. The van der Waals surface area contributed by atoms with Crippen LogP contribution in [0.2, 0.25) is 0 Å². The van der Waals surface area contributed by atoms with Gasteiger partial charge in [0.15, 0.2) is 0 Å². The molecule has 110 valence electrons. The monoisotopic (exact) mass is 516 g/mol. The molecule has 0 aliphatic heterocycles. The Morgan fingerprint density at radius 1 is 0.294 bits per heavy atom. The zero-order valence-electron chi connectivity index (χ0n) is 6.82. The van der Waals surface area contributed by atoms with Crippen molar-refractivity contribution in [3.63, 3.8) is 0 Å². The first-order chi connectivity index (χ1) is 6.93. The van der Waals surface area contributed by atoms with Gasteiger partial charge in [-0.05, 0) is 0 Å². The second-order valence-electron chi connectivity index (χ2n) is 0.756. The molecule has 0 N–H and O–H groups in total. The van der Waals surface area contributed by atoms with E-state index in [0.717, 1.165) is 0 Å². The Bertz CT molecular complexity index is 61.5. The third-order valence-corrected chi connectivity index (χ3v) is 0. The van der Waals surface area contributed by atoms with Crippen molar-refractivity contribution < 1.29 is 120 Å². The third-order valence-electron chi connectivity index (χ3n) is 0. The zero-order valence-corrected chi connectivity index (χ0v) is 12.8. The minimum atomic E-state index is -2.85. The molecule has 0 radical (unpaired) electrons. The zero-order chi connectivity index (χ0) is 14.3. The Hall–Kier alpha value is 1.37. The minimum absolute atomic E-state index is 0. The van der Waals surface area contributed by atoms with Crippen LogP contribution in [0.25, 0.3) is 0 Å². The number of halogens is 4. The van der Waals surface area contributed by atoms with Crippen molar-refractivity contribution in [3.05, 3.63) is 0 Å². The topological polar surface area (TPSA) is 277 Å². The fraction of sp³-hybridized carbons (Fsp3) is 0. The van der Waals surface area contributed by atoms with E-state index in [1.54, 1.807) is 0 Å². The van der Waals surface area contributed by atoms with Crippen molar-refractivity contribution in [3.8, 4) is 0 Å². The van der Waals surface area contributed by atoms with Crippen LogP contribution in [0.1, 0.15) is 0 Å². The second kappa shape index (κ2) is 26.0. The Labute approximate surface area is 120 Å². The standard InChI is InChI=1S/4ClO3.W/c4*2-1(3)4;/q4*-1;. The largest absolute Gasteiger partial charge is 0.357 e. The smallest absolute Gasteiger partial charge is 0.0695 e. The van der Waals surface area contributed by atoms with Crippen LogP contribution in [0.4, 0.5) is 0 Å². The van der Waals surface area contributed by atoms with E-state index < -0.39 is 43.1 Å². The van der Waals surface area contributed by atoms with Crippen LogP contribution in [0, 0.1) is 43.1 Å². The van der Waals surface area contributed by atoms with Gasteiger partial charge >= 0.3 is 0 Å². The molecular weight excluding hydrogens is 518 g/mol. The molecule has 0 heterocycles. The molecule has 0 aromatic rings. The van der Waals surface area contributed by atoms with E-state index in [4.69, 9.17) is 55.9 Å². The summed E-state index contributed by atoms with van der Waals surface area (Å²) >= 11 is 0. The van der Waals surface area contributed by atoms with E-state index >= 15 is 0 Å². The van der Waals surface area contributed by atoms with Gasteiger partial charge in [-0.1, -0.05) is 0 Å². The van der Waals surface area contributed by atoms with E-state index in [1.807, 2.05) is 0 Å². The second-order valence-corrected chi connectivity index (χ2v) is 2.27. The van der Waals surface area contributed by atoms with Crippen molar-refractivity contribution in [2.75, 3.05) is 0 Å². The fourth-order valence-electron chi connectivity index (χ4n) is 0. The quantitative estimate of drug-likeness (QED) is 0.289. The molecule has 0 amide bonds. The summed E-state index contributed by atoms with van der Waals surface area (Å²) in [5, 5.41) is 0. The van der Waals surface area contributed by atoms with Gasteiger partial charge in [0.05, 0.1) is 43.1 Å². The van der Waals surface area contributed by atoms with Crippen molar-refractivity contribution in [2.24, 2.45) is 0 Å². The van der Waals surface area contributed by atoms with Gasteiger partial charge in [-0.3, -0.25) is 0 Å². The molecule has 0 spiro atoms. The van der Waals surface area contributed by atoms with Crippen LogP contribution in [0.15, 0.2) is 0 Å². The minimum Gasteiger partial charge on any atom is -0.357 e. The molecule has 17 heavy (non-hydrogen) atoms. The Balaban J connectivity index is -0.0000000369. The average molecular weight is 518 g/mol. The molecule has 0 aromatic heterocycles. The summed E-state index contributed by atoms with van der Waals surface area (Å²) in [6.45, 7) is 0. The summed E-state index contributed by atoms with van der Waals surface area (Å²) in [6.07, 6.45) is 0. The maximum Gasteiger partial charge on any atom is 0.0695 e. The first-order valence-electron chi connectivity index (χ1n) is 1.85. The third kappa shape index (κ3) is 2190. The maximum atomic E-state index is 8.41. The molecule has 0 aliphatic carbocycles. The molecule has 0 saturated heterocycles. The van der Waals surface area contributed by atoms with Crippen LogP contribution >= 0.6 is 0 Å². The molecule has 0 bridgehead atoms. The van der Waals surface area contributed by atoms with Gasteiger partial charge in [-0.25, -0.2) is 0 Å². The summed E-state index contributed by atoms with van der Waals surface area (Å²) in [4.78, 5) is 0. The molecule has 0 aliphatic rings. The predicted octanol–water partition coefficient (Wildman–Crippen LogP) is -14.3. The molecule has 12 nitrogen and oxygen atoms in total. The number of hydrogen-bond acceptors (Lipinski definition) is 12. The summed E-state index contributed by atoms with van der Waals surface area (Å²) in [5.41, 5.74) is 0. The number of rotatable bonds is 0. The van der Waals surface area contributed by atoms with Gasteiger partial charge in [-0.15, -0.1) is 0 Å². The van der Waals surface area contributed by atoms with Crippen LogP contribution in [0.3, 0.4) is 0 Å². The van der Waals surface area contributed by atoms with Gasteiger partial charge < -0.3 is 55.9 Å². The first kappa shape index (κ1) is 31.0. The van der Waals surface area contributed by atoms with Crippen LogP contribution in [0.5, 0.6) is 0 Å². The Morgan fingerprint density at radius 2 is 0.294 bits per heavy atom. The van der Waals surface area contributed by atoms with E-state index in [0.29, 0.717) is 0 Å². The first-order valence-corrected chi connectivity index (χ1v) is 5.55. The molecule has 0 rings (SSSR count). The van der Waals surface area contributed by atoms with Gasteiger partial charge in [-0.2, -0.15) is 0 Å². The van der Waals surface area contributed by atoms with Gasteiger partial charge in [0, 0.05) is 21.1 Å². The van der Waals surface area contributed by atoms with Crippen molar-refractivity contribution in [2.45, 2.75) is 0 Å². The Morgan fingerprint density at radius 3 is 0.294 bits per heavy atom. The summed E-state index contributed by atoms with van der Waals surface area (Å²) in [6, 6.07) is 0. The molecule has 0 atom stereocenters. The maximum absolute atomic E-state index is 8.41. The van der Waals surface area contributed by atoms with Crippen LogP contribution < -0.4 is 55.9 Å². The Kier molecular flexibility index (Phi) is 47.5. The van der Waals surface area contributed by atoms with Crippen molar-refractivity contribution in [1.82, 2.24) is 0 Å². The number of hydrogen-bond donors (Lipinski definition) is 0. The van der Waals surface area contributed by atoms with E-state index in [2.05, 4.69) is 0 Å². The molecular formula is Cl4O12W-4. The van der Waals surface area contributed by atoms with Gasteiger partial charge in [0.2, 0.25) is 0 Å². The summed E-state index contributed by atoms with van der Waals surface area (Å²) in [7, 11) is -11.4. The molecule has 0 fully saturated rings. The van der Waals surface area contributed by atoms with Crippen molar-refractivity contribution in [1.29, 1.82) is 0 Å². The molecule has 17 heteroatoms. The molecule has 0 unspecified atom stereocenters.